The molecule has 0 bridgehead atoms. The van der Waals surface area contributed by atoms with E-state index in [2.05, 4.69) is 31.3 Å². The lowest BCUT2D eigenvalue weighted by Crippen LogP contribution is -2.65. The van der Waals surface area contributed by atoms with Crippen LogP contribution in [0.15, 0.2) is 24.3 Å². The van der Waals surface area contributed by atoms with Gasteiger partial charge < -0.3 is 65.1 Å². The number of ether oxygens (including phenoxy) is 4. The molecule has 2 rings (SSSR count). The van der Waals surface area contributed by atoms with E-state index in [0.717, 1.165) is 32.1 Å². The Hall–Kier alpha value is -1.53. The van der Waals surface area contributed by atoms with Crippen molar-refractivity contribution in [2.45, 2.75) is 254 Å². The van der Waals surface area contributed by atoms with Crippen LogP contribution in [0.2, 0.25) is 0 Å². The fourth-order valence-electron chi connectivity index (χ4n) is 8.07. The van der Waals surface area contributed by atoms with Crippen molar-refractivity contribution < 1.29 is 64.6 Å². The minimum atomic E-state index is -1.79. The molecule has 0 aromatic rings. The minimum Gasteiger partial charge on any atom is -0.394 e. The summed E-state index contributed by atoms with van der Waals surface area (Å²) in [7, 11) is 0. The summed E-state index contributed by atoms with van der Waals surface area (Å²) in [5.74, 6) is -0.250. The molecule has 0 aromatic heterocycles. The highest BCUT2D eigenvalue weighted by Crippen LogP contribution is 2.30. The first-order chi connectivity index (χ1) is 30.1. The molecule has 0 aromatic carbocycles. The molecule has 2 aliphatic heterocycles. The number of hydrogen-bond donors (Lipinski definition) is 9. The molecular weight excluding hydrogens is 799 g/mol. The summed E-state index contributed by atoms with van der Waals surface area (Å²) < 4.78 is 22.6. The zero-order valence-electron chi connectivity index (χ0n) is 38.4. The number of hydrogen-bond acceptors (Lipinski definition) is 13. The molecule has 0 aliphatic carbocycles. The normalized spacial score (nSPS) is 27.9. The van der Waals surface area contributed by atoms with Crippen molar-refractivity contribution in [3.63, 3.8) is 0 Å². The van der Waals surface area contributed by atoms with Gasteiger partial charge in [0.1, 0.15) is 48.8 Å². The van der Waals surface area contributed by atoms with Crippen LogP contribution < -0.4 is 5.32 Å². The van der Waals surface area contributed by atoms with E-state index in [0.29, 0.717) is 12.8 Å². The first kappa shape index (κ1) is 56.6. The van der Waals surface area contributed by atoms with E-state index >= 15 is 0 Å². The van der Waals surface area contributed by atoms with E-state index < -0.39 is 86.8 Å². The van der Waals surface area contributed by atoms with Gasteiger partial charge in [-0.3, -0.25) is 4.79 Å². The van der Waals surface area contributed by atoms with Crippen molar-refractivity contribution in [1.29, 1.82) is 0 Å². The lowest BCUT2D eigenvalue weighted by Gasteiger charge is -2.46. The van der Waals surface area contributed by atoms with Gasteiger partial charge in [-0.15, -0.1) is 0 Å². The first-order valence-electron chi connectivity index (χ1n) is 24.6. The summed E-state index contributed by atoms with van der Waals surface area (Å²) in [5, 5.41) is 86.6. The molecule has 1 amide bonds. The molecule has 14 heteroatoms. The highest BCUT2D eigenvalue weighted by atomic mass is 16.7. The summed E-state index contributed by atoms with van der Waals surface area (Å²) in [4.78, 5) is 13.1. The number of aliphatic hydroxyl groups excluding tert-OH is 8. The van der Waals surface area contributed by atoms with Crippen LogP contribution in [0.5, 0.6) is 0 Å². The van der Waals surface area contributed by atoms with Crippen molar-refractivity contribution in [2.24, 2.45) is 0 Å². The van der Waals surface area contributed by atoms with E-state index in [1.54, 1.807) is 6.08 Å². The Morgan fingerprint density at radius 3 is 1.58 bits per heavy atom. The third-order valence-corrected chi connectivity index (χ3v) is 12.1. The maximum Gasteiger partial charge on any atom is 0.220 e. The molecule has 0 radical (unpaired) electrons. The highest BCUT2D eigenvalue weighted by molar-refractivity contribution is 5.76. The van der Waals surface area contributed by atoms with Crippen molar-refractivity contribution >= 4 is 5.91 Å². The average Bonchev–Trinajstić information content (AvgIpc) is 3.27. The lowest BCUT2D eigenvalue weighted by atomic mass is 9.97. The number of aliphatic hydroxyl groups is 8. The quantitative estimate of drug-likeness (QED) is 0.0267. The molecule has 364 valence electrons. The van der Waals surface area contributed by atoms with Crippen LogP contribution in [-0.4, -0.2) is 140 Å². The first-order valence-corrected chi connectivity index (χ1v) is 24.6. The third kappa shape index (κ3) is 23.1. The minimum absolute atomic E-state index is 0.250. The molecule has 2 aliphatic rings. The Labute approximate surface area is 373 Å². The number of rotatable bonds is 37. The molecule has 2 fully saturated rings. The Morgan fingerprint density at radius 1 is 0.565 bits per heavy atom. The molecular formula is C48H89NO13. The van der Waals surface area contributed by atoms with Crippen LogP contribution in [0.4, 0.5) is 0 Å². The van der Waals surface area contributed by atoms with E-state index in [1.165, 1.54) is 116 Å². The number of allylic oxidation sites excluding steroid dienone is 3. The molecule has 9 N–H and O–H groups in total. The number of amides is 1. The standard InChI is InChI=1S/C48H89NO13/c1-3-5-7-9-11-13-15-17-19-21-23-25-27-29-31-37(52)36(49-40(53)32-30-28-26-24-22-20-18-16-14-12-10-8-6-4-2)35-59-47-45(58)43(56)46(39(34-51)61-47)62-48-44(57)42(55)41(54)38(33-50)60-48/h21,23,29,31,36-39,41-48,50-52,54-58H,3-20,22,24-28,30,32-35H2,1-2H3,(H,49,53)/b23-21+,31-29+. The van der Waals surface area contributed by atoms with Crippen LogP contribution in [0.25, 0.3) is 0 Å². The zero-order valence-corrected chi connectivity index (χ0v) is 38.4. The van der Waals surface area contributed by atoms with Gasteiger partial charge >= 0.3 is 0 Å². The van der Waals surface area contributed by atoms with E-state index in [-0.39, 0.29) is 18.9 Å². The van der Waals surface area contributed by atoms with Gasteiger partial charge in [0.15, 0.2) is 12.6 Å². The van der Waals surface area contributed by atoms with Crippen LogP contribution in [0.1, 0.15) is 181 Å². The second kappa shape index (κ2) is 35.7. The second-order valence-electron chi connectivity index (χ2n) is 17.6. The Morgan fingerprint density at radius 2 is 1.03 bits per heavy atom. The predicted octanol–water partition coefficient (Wildman–Crippen LogP) is 5.77. The highest BCUT2D eigenvalue weighted by Gasteiger charge is 2.51. The second-order valence-corrected chi connectivity index (χ2v) is 17.6. The van der Waals surface area contributed by atoms with Gasteiger partial charge in [-0.05, 0) is 32.1 Å². The van der Waals surface area contributed by atoms with Gasteiger partial charge in [-0.2, -0.15) is 0 Å². The molecule has 14 nitrogen and oxygen atoms in total. The fraction of sp³-hybridized carbons (Fsp3) is 0.896. The smallest absolute Gasteiger partial charge is 0.220 e. The monoisotopic (exact) mass is 888 g/mol. The summed E-state index contributed by atoms with van der Waals surface area (Å²) in [6.07, 6.45) is 20.8. The maximum atomic E-state index is 13.1. The topological polar surface area (TPSA) is 228 Å². The van der Waals surface area contributed by atoms with Gasteiger partial charge in [0.2, 0.25) is 5.91 Å². The molecule has 12 atom stereocenters. The van der Waals surface area contributed by atoms with Crippen LogP contribution in [-0.2, 0) is 23.7 Å². The van der Waals surface area contributed by atoms with Gasteiger partial charge in [0.05, 0.1) is 32.0 Å². The third-order valence-electron chi connectivity index (χ3n) is 12.1. The number of carbonyl (C=O) groups excluding carboxylic acids is 1. The van der Waals surface area contributed by atoms with Crippen LogP contribution in [0, 0.1) is 0 Å². The van der Waals surface area contributed by atoms with Crippen molar-refractivity contribution in [3.05, 3.63) is 24.3 Å². The summed E-state index contributed by atoms with van der Waals surface area (Å²) in [5.41, 5.74) is 0. The average molecular weight is 888 g/mol. The lowest BCUT2D eigenvalue weighted by molar-refractivity contribution is -0.359. The summed E-state index contributed by atoms with van der Waals surface area (Å²) >= 11 is 0. The van der Waals surface area contributed by atoms with E-state index in [9.17, 15) is 45.6 Å². The van der Waals surface area contributed by atoms with Crippen LogP contribution >= 0.6 is 0 Å². The van der Waals surface area contributed by atoms with Crippen LogP contribution in [0.3, 0.4) is 0 Å². The van der Waals surface area contributed by atoms with Crippen molar-refractivity contribution in [2.75, 3.05) is 19.8 Å². The number of unbranched alkanes of at least 4 members (excludes halogenated alkanes) is 22. The summed E-state index contributed by atoms with van der Waals surface area (Å²) in [6, 6.07) is -0.925. The van der Waals surface area contributed by atoms with Gasteiger partial charge in [-0.1, -0.05) is 167 Å². The number of nitrogens with one attached hydrogen (secondary N) is 1. The SMILES string of the molecule is CCCCCCCCCC/C=C/CC/C=C/C(O)C(COC1OC(CO)C(OC2OC(CO)C(O)C(O)C2O)C(O)C1O)NC(=O)CCCCCCCCCCCCCCCC. The zero-order chi connectivity index (χ0) is 45.4. The predicted molar refractivity (Wildman–Crippen MR) is 240 cm³/mol. The summed E-state index contributed by atoms with van der Waals surface area (Å²) in [6.45, 7) is 2.75. The van der Waals surface area contributed by atoms with Crippen molar-refractivity contribution in [1.82, 2.24) is 5.32 Å². The van der Waals surface area contributed by atoms with E-state index in [4.69, 9.17) is 18.9 Å². The molecule has 0 spiro atoms. The Kier molecular flexibility index (Phi) is 32.6. The molecule has 2 saturated heterocycles. The fourth-order valence-corrected chi connectivity index (χ4v) is 8.07. The molecule has 2 heterocycles. The van der Waals surface area contributed by atoms with Crippen molar-refractivity contribution in [3.8, 4) is 0 Å². The molecule has 12 unspecified atom stereocenters. The van der Waals surface area contributed by atoms with Gasteiger partial charge in [-0.25, -0.2) is 0 Å². The van der Waals surface area contributed by atoms with Gasteiger partial charge in [0.25, 0.3) is 0 Å². The maximum absolute atomic E-state index is 13.1. The molecule has 62 heavy (non-hydrogen) atoms. The molecule has 0 saturated carbocycles. The van der Waals surface area contributed by atoms with E-state index in [1.807, 2.05) is 6.08 Å². The Balaban J connectivity index is 1.89. The Bertz CT molecular complexity index is 1140. The number of carbonyl (C=O) groups is 1. The largest absolute Gasteiger partial charge is 0.394 e. The van der Waals surface area contributed by atoms with Gasteiger partial charge in [0, 0.05) is 6.42 Å².